The van der Waals surface area contributed by atoms with Crippen molar-refractivity contribution in [1.82, 2.24) is 10.2 Å². The van der Waals surface area contributed by atoms with Crippen LogP contribution in [0.1, 0.15) is 5.56 Å². The minimum Gasteiger partial charge on any atom is -0.382 e. The maximum atomic E-state index is 6.25. The third-order valence-corrected chi connectivity index (χ3v) is 4.30. The Morgan fingerprint density at radius 2 is 2.41 bits per heavy atom. The fourth-order valence-electron chi connectivity index (χ4n) is 2.37. The average Bonchev–Trinajstić information content (AvgIpc) is 2.50. The topological polar surface area (TPSA) is 46.1 Å². The molecule has 1 aromatic rings. The van der Waals surface area contributed by atoms with E-state index in [1.165, 1.54) is 0 Å². The Morgan fingerprint density at radius 1 is 1.59 bits per heavy atom. The van der Waals surface area contributed by atoms with Crippen LogP contribution in [0.25, 0.3) is 0 Å². The van der Waals surface area contributed by atoms with Crippen molar-refractivity contribution in [2.75, 3.05) is 40.5 Å². The Balaban J connectivity index is 1.94. The van der Waals surface area contributed by atoms with Gasteiger partial charge in [-0.05, 0) is 17.7 Å². The number of ether oxygens (including phenoxy) is 2. The van der Waals surface area contributed by atoms with Gasteiger partial charge >= 0.3 is 0 Å². The van der Waals surface area contributed by atoms with Crippen molar-refractivity contribution in [2.24, 2.45) is 4.99 Å². The standard InChI is InChI=1S/C15H21BrClN3O2/c1-18-15(20-5-6-22-13(9-20)10-21-2)19-8-11-3-4-12(16)7-14(11)17/h3-4,7,13H,5-6,8-10H2,1-2H3,(H,18,19). The molecule has 1 N–H and O–H groups in total. The molecule has 2 rings (SSSR count). The molecule has 1 atom stereocenters. The molecule has 0 spiro atoms. The Morgan fingerprint density at radius 3 is 3.09 bits per heavy atom. The van der Waals surface area contributed by atoms with E-state index < -0.39 is 0 Å². The van der Waals surface area contributed by atoms with E-state index >= 15 is 0 Å². The van der Waals surface area contributed by atoms with E-state index in [0.717, 1.165) is 34.1 Å². The zero-order valence-electron chi connectivity index (χ0n) is 12.8. The molecule has 1 saturated heterocycles. The fraction of sp³-hybridized carbons (Fsp3) is 0.533. The third kappa shape index (κ3) is 4.84. The van der Waals surface area contributed by atoms with Crippen LogP contribution in [-0.4, -0.2) is 57.4 Å². The molecular weight excluding hydrogens is 370 g/mol. The molecule has 0 radical (unpaired) electrons. The molecule has 22 heavy (non-hydrogen) atoms. The Kier molecular flexibility index (Phi) is 6.95. The van der Waals surface area contributed by atoms with Gasteiger partial charge in [-0.1, -0.05) is 33.6 Å². The summed E-state index contributed by atoms with van der Waals surface area (Å²) < 4.78 is 11.8. The molecule has 1 aromatic carbocycles. The highest BCUT2D eigenvalue weighted by Gasteiger charge is 2.22. The van der Waals surface area contributed by atoms with Crippen LogP contribution in [-0.2, 0) is 16.0 Å². The van der Waals surface area contributed by atoms with Crippen LogP contribution in [0.2, 0.25) is 5.02 Å². The van der Waals surface area contributed by atoms with Crippen molar-refractivity contribution in [1.29, 1.82) is 0 Å². The van der Waals surface area contributed by atoms with Crippen LogP contribution in [0.5, 0.6) is 0 Å². The number of nitrogens with one attached hydrogen (secondary N) is 1. The number of rotatable bonds is 4. The molecule has 1 unspecified atom stereocenters. The molecule has 0 aliphatic carbocycles. The van der Waals surface area contributed by atoms with Crippen LogP contribution in [0.3, 0.4) is 0 Å². The fourth-order valence-corrected chi connectivity index (χ4v) is 3.11. The van der Waals surface area contributed by atoms with Gasteiger partial charge in [-0.3, -0.25) is 4.99 Å². The van der Waals surface area contributed by atoms with E-state index in [4.69, 9.17) is 21.1 Å². The normalized spacial score (nSPS) is 19.4. The van der Waals surface area contributed by atoms with E-state index in [9.17, 15) is 0 Å². The van der Waals surface area contributed by atoms with Gasteiger partial charge in [0.2, 0.25) is 0 Å². The molecule has 1 aliphatic heterocycles. The van der Waals surface area contributed by atoms with E-state index in [1.54, 1.807) is 14.2 Å². The lowest BCUT2D eigenvalue weighted by atomic mass is 10.2. The summed E-state index contributed by atoms with van der Waals surface area (Å²) in [5.41, 5.74) is 1.03. The number of nitrogens with zero attached hydrogens (tertiary/aromatic N) is 2. The van der Waals surface area contributed by atoms with Crippen molar-refractivity contribution in [3.8, 4) is 0 Å². The van der Waals surface area contributed by atoms with Gasteiger partial charge < -0.3 is 19.7 Å². The van der Waals surface area contributed by atoms with Crippen molar-refractivity contribution in [2.45, 2.75) is 12.6 Å². The first-order chi connectivity index (χ1) is 10.6. The maximum Gasteiger partial charge on any atom is 0.194 e. The van der Waals surface area contributed by atoms with E-state index in [0.29, 0.717) is 19.8 Å². The number of hydrogen-bond acceptors (Lipinski definition) is 3. The molecule has 122 valence electrons. The van der Waals surface area contributed by atoms with Crippen LogP contribution < -0.4 is 5.32 Å². The minimum absolute atomic E-state index is 0.0774. The summed E-state index contributed by atoms with van der Waals surface area (Å²) >= 11 is 9.66. The summed E-state index contributed by atoms with van der Waals surface area (Å²) in [5, 5.41) is 4.09. The van der Waals surface area contributed by atoms with Gasteiger partial charge in [0.15, 0.2) is 5.96 Å². The minimum atomic E-state index is 0.0774. The number of guanidine groups is 1. The summed E-state index contributed by atoms with van der Waals surface area (Å²) in [6.07, 6.45) is 0.0774. The molecular formula is C15H21BrClN3O2. The van der Waals surface area contributed by atoms with Crippen molar-refractivity contribution >= 4 is 33.5 Å². The summed E-state index contributed by atoms with van der Waals surface area (Å²) in [6.45, 7) is 3.47. The van der Waals surface area contributed by atoms with Crippen LogP contribution in [0.15, 0.2) is 27.7 Å². The zero-order valence-corrected chi connectivity index (χ0v) is 15.2. The van der Waals surface area contributed by atoms with Gasteiger partial charge in [-0.15, -0.1) is 0 Å². The second-order valence-electron chi connectivity index (χ2n) is 5.03. The van der Waals surface area contributed by atoms with Crippen molar-refractivity contribution in [3.63, 3.8) is 0 Å². The molecule has 0 aromatic heterocycles. The van der Waals surface area contributed by atoms with Crippen molar-refractivity contribution in [3.05, 3.63) is 33.3 Å². The number of halogens is 2. The summed E-state index contributed by atoms with van der Waals surface area (Å²) in [7, 11) is 3.47. The van der Waals surface area contributed by atoms with Gasteiger partial charge in [-0.25, -0.2) is 0 Å². The van der Waals surface area contributed by atoms with E-state index in [2.05, 4.69) is 31.1 Å². The summed E-state index contributed by atoms with van der Waals surface area (Å²) in [6, 6.07) is 5.87. The quantitative estimate of drug-likeness (QED) is 0.634. The molecule has 5 nitrogen and oxygen atoms in total. The molecule has 1 aliphatic rings. The highest BCUT2D eigenvalue weighted by Crippen LogP contribution is 2.21. The van der Waals surface area contributed by atoms with Crippen LogP contribution in [0.4, 0.5) is 0 Å². The maximum absolute atomic E-state index is 6.25. The number of morpholine rings is 1. The van der Waals surface area contributed by atoms with Gasteiger partial charge in [0, 0.05) is 43.3 Å². The monoisotopic (exact) mass is 389 g/mol. The smallest absolute Gasteiger partial charge is 0.194 e. The molecule has 0 saturated carbocycles. The zero-order chi connectivity index (χ0) is 15.9. The Hall–Kier alpha value is -0.820. The first kappa shape index (κ1) is 17.5. The lowest BCUT2D eigenvalue weighted by Gasteiger charge is -2.34. The van der Waals surface area contributed by atoms with E-state index in [1.807, 2.05) is 18.2 Å². The summed E-state index contributed by atoms with van der Waals surface area (Å²) in [5.74, 6) is 0.850. The lowest BCUT2D eigenvalue weighted by molar-refractivity contribution is -0.0447. The Bertz CT molecular complexity index is 526. The first-order valence-corrected chi connectivity index (χ1v) is 8.31. The predicted octanol–water partition coefficient (Wildman–Crippen LogP) is 2.53. The Labute approximate surface area is 144 Å². The molecule has 1 fully saturated rings. The number of benzene rings is 1. The second-order valence-corrected chi connectivity index (χ2v) is 6.35. The van der Waals surface area contributed by atoms with Gasteiger partial charge in [-0.2, -0.15) is 0 Å². The van der Waals surface area contributed by atoms with Crippen molar-refractivity contribution < 1.29 is 9.47 Å². The van der Waals surface area contributed by atoms with E-state index in [-0.39, 0.29) is 6.10 Å². The number of aliphatic imine (C=N–C) groups is 1. The molecule has 0 amide bonds. The third-order valence-electron chi connectivity index (χ3n) is 3.45. The van der Waals surface area contributed by atoms with Gasteiger partial charge in [0.25, 0.3) is 0 Å². The average molecular weight is 391 g/mol. The largest absolute Gasteiger partial charge is 0.382 e. The predicted molar refractivity (Wildman–Crippen MR) is 92.5 cm³/mol. The lowest BCUT2D eigenvalue weighted by Crippen LogP contribution is -2.51. The van der Waals surface area contributed by atoms with Gasteiger partial charge in [0.1, 0.15) is 0 Å². The SMILES string of the molecule is CN=C(NCc1ccc(Br)cc1Cl)N1CCOC(COC)C1. The molecule has 1 heterocycles. The molecule has 0 bridgehead atoms. The highest BCUT2D eigenvalue weighted by atomic mass is 79.9. The summed E-state index contributed by atoms with van der Waals surface area (Å²) in [4.78, 5) is 6.53. The number of hydrogen-bond donors (Lipinski definition) is 1. The highest BCUT2D eigenvalue weighted by molar-refractivity contribution is 9.10. The van der Waals surface area contributed by atoms with Gasteiger partial charge in [0.05, 0.1) is 19.3 Å². The van der Waals surface area contributed by atoms with Crippen LogP contribution >= 0.6 is 27.5 Å². The first-order valence-electron chi connectivity index (χ1n) is 7.14. The second kappa shape index (κ2) is 8.72. The van der Waals surface area contributed by atoms with Crippen LogP contribution in [0, 0.1) is 0 Å². The number of methoxy groups -OCH3 is 1. The molecule has 7 heteroatoms.